The molecule has 1 heterocycles. The van der Waals surface area contributed by atoms with Crippen molar-refractivity contribution in [3.05, 3.63) is 71.3 Å². The van der Waals surface area contributed by atoms with Crippen molar-refractivity contribution in [2.45, 2.75) is 11.3 Å². The molecule has 1 amide bonds. The number of carbonyl (C=O) groups excluding carboxylic acids is 1. The topological polar surface area (TPSA) is 64.0 Å². The predicted octanol–water partition coefficient (Wildman–Crippen LogP) is 2.65. The van der Waals surface area contributed by atoms with Gasteiger partial charge in [-0.15, -0.1) is 11.8 Å². The molecule has 0 saturated carbocycles. The number of benzene rings is 2. The molecule has 0 fully saturated rings. The molecule has 0 spiro atoms. The third kappa shape index (κ3) is 3.78. The van der Waals surface area contributed by atoms with Crippen LogP contribution >= 0.6 is 11.8 Å². The van der Waals surface area contributed by atoms with Gasteiger partial charge in [-0.05, 0) is 24.3 Å². The third-order valence-electron chi connectivity index (χ3n) is 3.25. The molecule has 0 radical (unpaired) electrons. The van der Waals surface area contributed by atoms with Crippen LogP contribution in [0.2, 0.25) is 0 Å². The summed E-state index contributed by atoms with van der Waals surface area (Å²) in [6.07, 6.45) is 1.66. The van der Waals surface area contributed by atoms with E-state index in [0.717, 1.165) is 9.57 Å². The van der Waals surface area contributed by atoms with E-state index in [1.807, 2.05) is 36.4 Å². The van der Waals surface area contributed by atoms with Gasteiger partial charge in [-0.2, -0.15) is 0 Å². The van der Waals surface area contributed by atoms with E-state index in [9.17, 15) is 9.59 Å². The van der Waals surface area contributed by atoms with Gasteiger partial charge >= 0.3 is 0 Å². The maximum absolute atomic E-state index is 12.3. The Hall–Kier alpha value is -2.60. The second-order valence-corrected chi connectivity index (χ2v) is 6.05. The van der Waals surface area contributed by atoms with Crippen molar-refractivity contribution < 1.29 is 4.79 Å². The van der Waals surface area contributed by atoms with Crippen LogP contribution in [0, 0.1) is 0 Å². The van der Waals surface area contributed by atoms with Crippen molar-refractivity contribution in [3.63, 3.8) is 0 Å². The van der Waals surface area contributed by atoms with E-state index in [0.29, 0.717) is 23.1 Å². The van der Waals surface area contributed by atoms with Crippen LogP contribution in [0.4, 0.5) is 0 Å². The molecule has 23 heavy (non-hydrogen) atoms. The fourth-order valence-corrected chi connectivity index (χ4v) is 2.99. The molecule has 0 unspecified atom stereocenters. The van der Waals surface area contributed by atoms with E-state index in [1.54, 1.807) is 30.0 Å². The number of fused-ring (bicyclic) bond motifs is 1. The van der Waals surface area contributed by atoms with Crippen LogP contribution in [0.3, 0.4) is 0 Å². The molecule has 1 N–H and O–H groups in total. The van der Waals surface area contributed by atoms with E-state index in [4.69, 9.17) is 0 Å². The van der Waals surface area contributed by atoms with Gasteiger partial charge < -0.3 is 0 Å². The molecule has 2 aromatic carbocycles. The van der Waals surface area contributed by atoms with Crippen molar-refractivity contribution in [3.8, 4) is 0 Å². The lowest BCUT2D eigenvalue weighted by atomic mass is 10.2. The van der Waals surface area contributed by atoms with Gasteiger partial charge in [0.2, 0.25) is 5.91 Å². The number of thioether (sulfide) groups is 1. The summed E-state index contributed by atoms with van der Waals surface area (Å²) in [5, 5.41) is 0.481. The number of nitrogens with zero attached hydrogens (tertiary/aromatic N) is 2. The zero-order chi connectivity index (χ0) is 16.1. The number of carbonyl (C=O) groups is 1. The highest BCUT2D eigenvalue weighted by atomic mass is 32.2. The van der Waals surface area contributed by atoms with E-state index >= 15 is 0 Å². The lowest BCUT2D eigenvalue weighted by Crippen LogP contribution is -2.33. The summed E-state index contributed by atoms with van der Waals surface area (Å²) in [6, 6.07) is 16.9. The number of amides is 1. The first kappa shape index (κ1) is 15.3. The fourth-order valence-electron chi connectivity index (χ4n) is 2.12. The van der Waals surface area contributed by atoms with E-state index in [2.05, 4.69) is 10.4 Å². The van der Waals surface area contributed by atoms with Crippen molar-refractivity contribution in [1.82, 2.24) is 9.66 Å². The summed E-state index contributed by atoms with van der Waals surface area (Å²) >= 11 is 1.60. The molecule has 0 saturated heterocycles. The molecule has 0 aliphatic carbocycles. The average Bonchev–Trinajstić information content (AvgIpc) is 2.59. The molecule has 0 bridgehead atoms. The Morgan fingerprint density at radius 3 is 2.65 bits per heavy atom. The first-order chi connectivity index (χ1) is 11.2. The lowest BCUT2D eigenvalue weighted by molar-refractivity contribution is -0.116. The zero-order valence-corrected chi connectivity index (χ0v) is 13.1. The van der Waals surface area contributed by atoms with E-state index in [-0.39, 0.29) is 11.5 Å². The zero-order valence-electron chi connectivity index (χ0n) is 12.3. The molecule has 3 rings (SSSR count). The maximum atomic E-state index is 12.3. The van der Waals surface area contributed by atoms with Gasteiger partial charge in [0, 0.05) is 17.1 Å². The summed E-state index contributed by atoms with van der Waals surface area (Å²) in [5.41, 5.74) is 2.91. The highest BCUT2D eigenvalue weighted by Crippen LogP contribution is 2.17. The first-order valence-electron chi connectivity index (χ1n) is 7.18. The van der Waals surface area contributed by atoms with Crippen LogP contribution in [0.25, 0.3) is 10.9 Å². The van der Waals surface area contributed by atoms with Crippen LogP contribution in [-0.4, -0.2) is 21.3 Å². The molecule has 0 aliphatic rings. The Balaban J connectivity index is 1.62. The number of hydrogen-bond acceptors (Lipinski definition) is 4. The quantitative estimate of drug-likeness (QED) is 0.733. The summed E-state index contributed by atoms with van der Waals surface area (Å²) in [7, 11) is 0. The molecule has 116 valence electrons. The number of hydrogen-bond donors (Lipinski definition) is 1. The summed E-state index contributed by atoms with van der Waals surface area (Å²) in [4.78, 5) is 29.5. The molecule has 5 nitrogen and oxygen atoms in total. The largest absolute Gasteiger partial charge is 0.280 e. The Morgan fingerprint density at radius 1 is 1.09 bits per heavy atom. The van der Waals surface area contributed by atoms with Crippen molar-refractivity contribution >= 4 is 28.6 Å². The Kier molecular flexibility index (Phi) is 4.73. The maximum Gasteiger partial charge on any atom is 0.280 e. The molecular formula is C17H15N3O2S. The number of aromatic nitrogens is 2. The van der Waals surface area contributed by atoms with E-state index < -0.39 is 0 Å². The van der Waals surface area contributed by atoms with Crippen molar-refractivity contribution in [2.24, 2.45) is 0 Å². The average molecular weight is 325 g/mol. The predicted molar refractivity (Wildman–Crippen MR) is 92.2 cm³/mol. The SMILES string of the molecule is O=C(CCSc1ccccc1)Nn1cnc2ccccc2c1=O. The van der Waals surface area contributed by atoms with Gasteiger partial charge in [-0.1, -0.05) is 30.3 Å². The molecule has 6 heteroatoms. The van der Waals surface area contributed by atoms with Gasteiger partial charge in [-0.3, -0.25) is 15.0 Å². The standard InChI is InChI=1S/C17H15N3O2S/c21-16(10-11-23-13-6-2-1-3-7-13)19-20-12-18-15-9-5-4-8-14(15)17(20)22/h1-9,12H,10-11H2,(H,19,21). The third-order valence-corrected chi connectivity index (χ3v) is 4.27. The molecular weight excluding hydrogens is 310 g/mol. The normalized spacial score (nSPS) is 10.6. The Morgan fingerprint density at radius 2 is 1.83 bits per heavy atom. The minimum absolute atomic E-state index is 0.215. The first-order valence-corrected chi connectivity index (χ1v) is 8.17. The van der Waals surface area contributed by atoms with Gasteiger partial charge in [0.05, 0.1) is 10.9 Å². The number of para-hydroxylation sites is 1. The van der Waals surface area contributed by atoms with Gasteiger partial charge in [0.1, 0.15) is 6.33 Å². The summed E-state index contributed by atoms with van der Waals surface area (Å²) in [6.45, 7) is 0. The highest BCUT2D eigenvalue weighted by Gasteiger charge is 2.07. The van der Waals surface area contributed by atoms with Gasteiger partial charge in [0.15, 0.2) is 0 Å². The molecule has 0 atom stereocenters. The van der Waals surface area contributed by atoms with Crippen LogP contribution in [0.5, 0.6) is 0 Å². The van der Waals surface area contributed by atoms with Crippen LogP contribution in [0.15, 0.2) is 70.6 Å². The monoisotopic (exact) mass is 325 g/mol. The number of nitrogens with one attached hydrogen (secondary N) is 1. The lowest BCUT2D eigenvalue weighted by Gasteiger charge is -2.08. The Labute approximate surface area is 137 Å². The smallest absolute Gasteiger partial charge is 0.273 e. The molecule has 0 aliphatic heterocycles. The molecule has 1 aromatic heterocycles. The minimum atomic E-state index is -0.278. The summed E-state index contributed by atoms with van der Waals surface area (Å²) in [5.74, 6) is 0.429. The van der Waals surface area contributed by atoms with E-state index in [1.165, 1.54) is 6.33 Å². The number of rotatable bonds is 5. The van der Waals surface area contributed by atoms with Gasteiger partial charge in [-0.25, -0.2) is 9.66 Å². The van der Waals surface area contributed by atoms with Gasteiger partial charge in [0.25, 0.3) is 5.56 Å². The minimum Gasteiger partial charge on any atom is -0.273 e. The molecule has 3 aromatic rings. The second kappa shape index (κ2) is 7.11. The second-order valence-electron chi connectivity index (χ2n) is 4.88. The van der Waals surface area contributed by atoms with Crippen LogP contribution in [-0.2, 0) is 4.79 Å². The summed E-state index contributed by atoms with van der Waals surface area (Å²) < 4.78 is 1.14. The Bertz CT molecular complexity index is 878. The highest BCUT2D eigenvalue weighted by molar-refractivity contribution is 7.99. The van der Waals surface area contributed by atoms with Crippen LogP contribution < -0.4 is 11.0 Å². The van der Waals surface area contributed by atoms with Crippen LogP contribution in [0.1, 0.15) is 6.42 Å². The fraction of sp³-hybridized carbons (Fsp3) is 0.118. The van der Waals surface area contributed by atoms with Crippen molar-refractivity contribution in [1.29, 1.82) is 0 Å². The van der Waals surface area contributed by atoms with Crippen molar-refractivity contribution in [2.75, 3.05) is 11.2 Å².